The molecule has 1 heterocycles. The lowest BCUT2D eigenvalue weighted by molar-refractivity contribution is 0.0697. The number of piperidine rings is 1. The average Bonchev–Trinajstić information content (AvgIpc) is 2.70. The summed E-state index contributed by atoms with van der Waals surface area (Å²) in [6.07, 6.45) is 4.66. The predicted molar refractivity (Wildman–Crippen MR) is 107 cm³/mol. The molecule has 2 N–H and O–H groups in total. The molecule has 6 heteroatoms. The van der Waals surface area contributed by atoms with Gasteiger partial charge in [-0.05, 0) is 68.9 Å². The lowest BCUT2D eigenvalue weighted by Crippen LogP contribution is -2.44. The van der Waals surface area contributed by atoms with Gasteiger partial charge in [0.1, 0.15) is 0 Å². The molecule has 6 nitrogen and oxygen atoms in total. The number of carbonyl (C=O) groups is 2. The van der Waals surface area contributed by atoms with Gasteiger partial charge in [-0.3, -0.25) is 0 Å². The number of likely N-dealkylation sites (tertiary alicyclic amines) is 1. The summed E-state index contributed by atoms with van der Waals surface area (Å²) in [5.41, 5.74) is 1.16. The van der Waals surface area contributed by atoms with Crippen LogP contribution in [-0.4, -0.2) is 59.6 Å². The van der Waals surface area contributed by atoms with Crippen molar-refractivity contribution in [2.45, 2.75) is 46.1 Å². The van der Waals surface area contributed by atoms with Crippen LogP contribution in [0.3, 0.4) is 0 Å². The van der Waals surface area contributed by atoms with Crippen molar-refractivity contribution in [1.29, 1.82) is 0 Å². The third kappa shape index (κ3) is 6.86. The van der Waals surface area contributed by atoms with E-state index in [1.54, 1.807) is 24.3 Å². The number of urea groups is 1. The third-order valence-corrected chi connectivity index (χ3v) is 5.53. The SMILES string of the molecule is CCN(CC)CCCC1CCN(C(=O)NCc2ccc(C(=O)O)cc2)CC1. The van der Waals surface area contributed by atoms with Crippen molar-refractivity contribution in [2.24, 2.45) is 5.92 Å². The van der Waals surface area contributed by atoms with E-state index in [0.29, 0.717) is 6.54 Å². The maximum absolute atomic E-state index is 12.3. The molecule has 0 aliphatic carbocycles. The lowest BCUT2D eigenvalue weighted by atomic mass is 9.92. The molecule has 0 aromatic heterocycles. The minimum absolute atomic E-state index is 0.0288. The number of benzene rings is 1. The number of rotatable bonds is 9. The Morgan fingerprint density at radius 1 is 1.15 bits per heavy atom. The summed E-state index contributed by atoms with van der Waals surface area (Å²) in [6.45, 7) is 9.89. The van der Waals surface area contributed by atoms with Crippen molar-refractivity contribution in [3.63, 3.8) is 0 Å². The second-order valence-electron chi connectivity index (χ2n) is 7.26. The molecule has 1 aromatic carbocycles. The van der Waals surface area contributed by atoms with Crippen LogP contribution in [0.15, 0.2) is 24.3 Å². The molecule has 150 valence electrons. The molecule has 2 amide bonds. The Morgan fingerprint density at radius 2 is 1.78 bits per heavy atom. The van der Waals surface area contributed by atoms with Crippen LogP contribution in [0.4, 0.5) is 4.79 Å². The molecular formula is C21H33N3O3. The summed E-state index contributed by atoms with van der Waals surface area (Å²) in [6, 6.07) is 6.58. The van der Waals surface area contributed by atoms with Gasteiger partial charge < -0.3 is 20.2 Å². The number of hydrogen-bond acceptors (Lipinski definition) is 3. The van der Waals surface area contributed by atoms with Gasteiger partial charge in [-0.1, -0.05) is 26.0 Å². The minimum atomic E-state index is -0.939. The maximum atomic E-state index is 12.3. The number of aromatic carboxylic acids is 1. The quantitative estimate of drug-likeness (QED) is 0.694. The van der Waals surface area contributed by atoms with Gasteiger partial charge in [0.25, 0.3) is 0 Å². The van der Waals surface area contributed by atoms with E-state index in [4.69, 9.17) is 5.11 Å². The summed E-state index contributed by atoms with van der Waals surface area (Å²) < 4.78 is 0. The van der Waals surface area contributed by atoms with E-state index in [1.165, 1.54) is 19.4 Å². The summed E-state index contributed by atoms with van der Waals surface area (Å²) in [7, 11) is 0. The molecule has 1 aliphatic heterocycles. The predicted octanol–water partition coefficient (Wildman–Crippen LogP) is 3.43. The van der Waals surface area contributed by atoms with E-state index < -0.39 is 5.97 Å². The van der Waals surface area contributed by atoms with E-state index in [2.05, 4.69) is 24.1 Å². The zero-order chi connectivity index (χ0) is 19.6. The topological polar surface area (TPSA) is 72.9 Å². The first-order chi connectivity index (χ1) is 13.0. The number of carboxylic acid groups (broad SMARTS) is 1. The van der Waals surface area contributed by atoms with Crippen LogP contribution >= 0.6 is 0 Å². The summed E-state index contributed by atoms with van der Waals surface area (Å²) in [5.74, 6) is -0.210. The van der Waals surface area contributed by atoms with Crippen molar-refractivity contribution in [3.05, 3.63) is 35.4 Å². The van der Waals surface area contributed by atoms with Crippen molar-refractivity contribution in [1.82, 2.24) is 15.1 Å². The van der Waals surface area contributed by atoms with Gasteiger partial charge in [-0.15, -0.1) is 0 Å². The van der Waals surface area contributed by atoms with E-state index in [1.807, 2.05) is 4.90 Å². The second kappa shape index (κ2) is 10.9. The fraction of sp³-hybridized carbons (Fsp3) is 0.619. The van der Waals surface area contributed by atoms with E-state index in [9.17, 15) is 9.59 Å². The van der Waals surface area contributed by atoms with Crippen LogP contribution in [0.1, 0.15) is 55.5 Å². The first kappa shape index (κ1) is 21.2. The largest absolute Gasteiger partial charge is 0.478 e. The highest BCUT2D eigenvalue weighted by Crippen LogP contribution is 2.22. The Labute approximate surface area is 162 Å². The van der Waals surface area contributed by atoms with Crippen LogP contribution in [0.25, 0.3) is 0 Å². The lowest BCUT2D eigenvalue weighted by Gasteiger charge is -2.32. The fourth-order valence-electron chi connectivity index (χ4n) is 3.62. The fourth-order valence-corrected chi connectivity index (χ4v) is 3.62. The van der Waals surface area contributed by atoms with Crippen molar-refractivity contribution in [3.8, 4) is 0 Å². The summed E-state index contributed by atoms with van der Waals surface area (Å²) in [4.78, 5) is 27.6. The minimum Gasteiger partial charge on any atom is -0.478 e. The van der Waals surface area contributed by atoms with Crippen LogP contribution in [0.2, 0.25) is 0 Å². The Hall–Kier alpha value is -2.08. The number of carbonyl (C=O) groups excluding carboxylic acids is 1. The Morgan fingerprint density at radius 3 is 2.33 bits per heavy atom. The van der Waals surface area contributed by atoms with E-state index in [0.717, 1.165) is 50.5 Å². The highest BCUT2D eigenvalue weighted by atomic mass is 16.4. The van der Waals surface area contributed by atoms with Gasteiger partial charge >= 0.3 is 12.0 Å². The molecule has 1 aromatic rings. The van der Waals surface area contributed by atoms with Gasteiger partial charge in [-0.25, -0.2) is 9.59 Å². The van der Waals surface area contributed by atoms with Crippen molar-refractivity contribution >= 4 is 12.0 Å². The number of nitrogens with one attached hydrogen (secondary N) is 1. The molecule has 0 saturated carbocycles. The number of nitrogens with zero attached hydrogens (tertiary/aromatic N) is 2. The van der Waals surface area contributed by atoms with Crippen LogP contribution in [0.5, 0.6) is 0 Å². The zero-order valence-electron chi connectivity index (χ0n) is 16.6. The van der Waals surface area contributed by atoms with E-state index >= 15 is 0 Å². The van der Waals surface area contributed by atoms with Crippen molar-refractivity contribution < 1.29 is 14.7 Å². The Bertz CT molecular complexity index is 591. The van der Waals surface area contributed by atoms with Crippen LogP contribution in [0, 0.1) is 5.92 Å². The Balaban J connectivity index is 1.66. The van der Waals surface area contributed by atoms with Gasteiger partial charge in [0.15, 0.2) is 0 Å². The number of amides is 2. The maximum Gasteiger partial charge on any atom is 0.335 e. The van der Waals surface area contributed by atoms with Crippen LogP contribution in [-0.2, 0) is 6.54 Å². The molecule has 0 atom stereocenters. The number of hydrogen-bond donors (Lipinski definition) is 2. The molecule has 1 fully saturated rings. The average molecular weight is 376 g/mol. The van der Waals surface area contributed by atoms with Crippen LogP contribution < -0.4 is 5.32 Å². The van der Waals surface area contributed by atoms with Gasteiger partial charge in [0.2, 0.25) is 0 Å². The first-order valence-electron chi connectivity index (χ1n) is 10.1. The highest BCUT2D eigenvalue weighted by Gasteiger charge is 2.22. The molecule has 0 radical (unpaired) electrons. The van der Waals surface area contributed by atoms with E-state index in [-0.39, 0.29) is 11.6 Å². The first-order valence-corrected chi connectivity index (χ1v) is 10.1. The summed E-state index contributed by atoms with van der Waals surface area (Å²) in [5, 5.41) is 11.9. The number of carboxylic acids is 1. The monoisotopic (exact) mass is 375 g/mol. The molecule has 0 spiro atoms. The normalized spacial score (nSPS) is 15.1. The second-order valence-corrected chi connectivity index (χ2v) is 7.26. The van der Waals surface area contributed by atoms with Crippen molar-refractivity contribution in [2.75, 3.05) is 32.7 Å². The van der Waals surface area contributed by atoms with Gasteiger partial charge in [-0.2, -0.15) is 0 Å². The Kier molecular flexibility index (Phi) is 8.58. The highest BCUT2D eigenvalue weighted by molar-refractivity contribution is 5.87. The standard InChI is InChI=1S/C21H33N3O3/c1-3-23(4-2)13-5-6-17-11-14-24(15-12-17)21(27)22-16-18-7-9-19(10-8-18)20(25)26/h7-10,17H,3-6,11-16H2,1-2H3,(H,22,27)(H,25,26). The molecule has 1 saturated heterocycles. The smallest absolute Gasteiger partial charge is 0.335 e. The van der Waals surface area contributed by atoms with Gasteiger partial charge in [0, 0.05) is 19.6 Å². The third-order valence-electron chi connectivity index (χ3n) is 5.53. The molecule has 27 heavy (non-hydrogen) atoms. The summed E-state index contributed by atoms with van der Waals surface area (Å²) >= 11 is 0. The zero-order valence-corrected chi connectivity index (χ0v) is 16.6. The molecule has 2 rings (SSSR count). The molecular weight excluding hydrogens is 342 g/mol. The molecule has 0 unspecified atom stereocenters. The molecule has 1 aliphatic rings. The van der Waals surface area contributed by atoms with Gasteiger partial charge in [0.05, 0.1) is 5.56 Å². The molecule has 0 bridgehead atoms.